The van der Waals surface area contributed by atoms with Gasteiger partial charge in [-0.25, -0.2) is 0 Å². The first kappa shape index (κ1) is 19.7. The Morgan fingerprint density at radius 2 is 1.89 bits per heavy atom. The minimum Gasteiger partial charge on any atom is -0.508 e. The molecule has 2 heterocycles. The van der Waals surface area contributed by atoms with Crippen LogP contribution in [0.2, 0.25) is 0 Å². The first-order valence-corrected chi connectivity index (χ1v) is 9.60. The molecular weight excluding hydrogens is 354 g/mol. The van der Waals surface area contributed by atoms with Crippen LogP contribution in [0.15, 0.2) is 29.1 Å². The van der Waals surface area contributed by atoms with Crippen LogP contribution in [0.4, 0.5) is 0 Å². The zero-order chi connectivity index (χ0) is 20.3. The number of aryl methyl sites for hydroxylation is 1. The van der Waals surface area contributed by atoms with Crippen LogP contribution in [-0.4, -0.2) is 34.0 Å². The van der Waals surface area contributed by atoms with Gasteiger partial charge in [0, 0.05) is 25.2 Å². The number of aromatic amines is 1. The van der Waals surface area contributed by atoms with E-state index in [1.54, 1.807) is 26.0 Å². The molecule has 0 radical (unpaired) electrons. The molecule has 2 N–H and O–H groups in total. The fourth-order valence-electron chi connectivity index (χ4n) is 4.02. The number of phenolic OH excluding ortho intramolecular Hbond substituents is 1. The molecule has 1 aromatic heterocycles. The maximum atomic E-state index is 12.7. The molecule has 1 aromatic carbocycles. The molecule has 0 unspecified atom stereocenters. The number of carbonyl (C=O) groups excluding carboxylic acids is 1. The number of aromatic nitrogens is 1. The minimum absolute atomic E-state index is 0.104. The van der Waals surface area contributed by atoms with Crippen molar-refractivity contribution in [1.82, 2.24) is 9.88 Å². The van der Waals surface area contributed by atoms with E-state index in [1.165, 1.54) is 5.56 Å². The second-order valence-electron chi connectivity index (χ2n) is 7.42. The normalized spacial score (nSPS) is 14.7. The Hall–Kier alpha value is -3.07. The highest BCUT2D eigenvalue weighted by Gasteiger charge is 2.24. The van der Waals surface area contributed by atoms with E-state index >= 15 is 0 Å². The van der Waals surface area contributed by atoms with Gasteiger partial charge in [0.05, 0.1) is 0 Å². The van der Waals surface area contributed by atoms with E-state index in [0.717, 1.165) is 37.2 Å². The van der Waals surface area contributed by atoms with Crippen molar-refractivity contribution >= 4 is 5.91 Å². The molecule has 3 rings (SSSR count). The highest BCUT2D eigenvalue weighted by molar-refractivity contribution is 5.76. The molecule has 1 fully saturated rings. The average molecular weight is 379 g/mol. The van der Waals surface area contributed by atoms with Crippen molar-refractivity contribution in [2.24, 2.45) is 0 Å². The third-order valence-corrected chi connectivity index (χ3v) is 5.72. The van der Waals surface area contributed by atoms with Crippen LogP contribution >= 0.6 is 0 Å². The predicted octanol–water partition coefficient (Wildman–Crippen LogP) is 2.91. The lowest BCUT2D eigenvalue weighted by atomic mass is 9.89. The number of aromatic hydroxyl groups is 1. The summed E-state index contributed by atoms with van der Waals surface area (Å²) in [6, 6.07) is 9.26. The van der Waals surface area contributed by atoms with Gasteiger partial charge in [0.2, 0.25) is 5.91 Å². The summed E-state index contributed by atoms with van der Waals surface area (Å²) in [7, 11) is 0. The summed E-state index contributed by atoms with van der Waals surface area (Å²) in [5, 5.41) is 18.6. The van der Waals surface area contributed by atoms with Crippen LogP contribution in [0.5, 0.6) is 5.75 Å². The molecular formula is C22H25N3O3. The summed E-state index contributed by atoms with van der Waals surface area (Å²) < 4.78 is 0. The van der Waals surface area contributed by atoms with E-state index in [9.17, 15) is 20.0 Å². The maximum Gasteiger partial charge on any atom is 0.266 e. The minimum atomic E-state index is -0.371. The number of piperidine rings is 1. The Bertz CT molecular complexity index is 962. The van der Waals surface area contributed by atoms with Gasteiger partial charge < -0.3 is 15.0 Å². The van der Waals surface area contributed by atoms with Gasteiger partial charge >= 0.3 is 0 Å². The van der Waals surface area contributed by atoms with Crippen LogP contribution < -0.4 is 5.56 Å². The van der Waals surface area contributed by atoms with Gasteiger partial charge in [-0.15, -0.1) is 0 Å². The molecule has 1 saturated heterocycles. The third kappa shape index (κ3) is 4.09. The molecule has 1 aliphatic heterocycles. The second kappa shape index (κ2) is 8.30. The van der Waals surface area contributed by atoms with Crippen LogP contribution in [0.25, 0.3) is 0 Å². The van der Waals surface area contributed by atoms with E-state index in [4.69, 9.17) is 0 Å². The fourth-order valence-corrected chi connectivity index (χ4v) is 4.02. The Kier molecular flexibility index (Phi) is 5.84. The number of pyridine rings is 1. The number of rotatable bonds is 4. The van der Waals surface area contributed by atoms with Crippen LogP contribution in [-0.2, 0) is 11.2 Å². The largest absolute Gasteiger partial charge is 0.508 e. The molecule has 0 bridgehead atoms. The van der Waals surface area contributed by atoms with Crippen molar-refractivity contribution < 1.29 is 9.90 Å². The summed E-state index contributed by atoms with van der Waals surface area (Å²) in [6.45, 7) is 5.01. The molecule has 1 amide bonds. The van der Waals surface area contributed by atoms with E-state index < -0.39 is 0 Å². The zero-order valence-electron chi connectivity index (χ0n) is 16.3. The number of amides is 1. The van der Waals surface area contributed by atoms with E-state index in [1.807, 2.05) is 23.1 Å². The number of benzene rings is 1. The van der Waals surface area contributed by atoms with Crippen LogP contribution in [0.1, 0.15) is 53.1 Å². The fraction of sp³-hybridized carbons (Fsp3) is 0.409. The van der Waals surface area contributed by atoms with Crippen LogP contribution in [0, 0.1) is 25.2 Å². The lowest BCUT2D eigenvalue weighted by Crippen LogP contribution is -2.38. The van der Waals surface area contributed by atoms with Gasteiger partial charge in [0.15, 0.2) is 0 Å². The molecule has 0 atom stereocenters. The lowest BCUT2D eigenvalue weighted by Gasteiger charge is -2.32. The molecule has 0 aliphatic carbocycles. The van der Waals surface area contributed by atoms with Gasteiger partial charge in [-0.1, -0.05) is 12.1 Å². The number of carbonyl (C=O) groups is 1. The Morgan fingerprint density at radius 3 is 2.50 bits per heavy atom. The van der Waals surface area contributed by atoms with Crippen molar-refractivity contribution in [2.45, 2.75) is 45.4 Å². The predicted molar refractivity (Wildman–Crippen MR) is 106 cm³/mol. The number of phenols is 1. The summed E-state index contributed by atoms with van der Waals surface area (Å²) in [6.07, 6.45) is 2.69. The van der Waals surface area contributed by atoms with Gasteiger partial charge in [-0.05, 0) is 67.9 Å². The van der Waals surface area contributed by atoms with E-state index in [-0.39, 0.29) is 22.8 Å². The number of nitrogens with one attached hydrogen (secondary N) is 1. The number of nitrogens with zero attached hydrogens (tertiary/aromatic N) is 2. The topological polar surface area (TPSA) is 97.2 Å². The van der Waals surface area contributed by atoms with E-state index in [0.29, 0.717) is 24.3 Å². The van der Waals surface area contributed by atoms with Crippen molar-refractivity contribution in [3.05, 3.63) is 62.6 Å². The SMILES string of the molecule is Cc1[nH]c(=O)c(C#N)c(C)c1CCC(=O)N1CCC(c2ccc(O)cc2)CC1. The highest BCUT2D eigenvalue weighted by Crippen LogP contribution is 2.29. The first-order chi connectivity index (χ1) is 13.4. The number of nitriles is 1. The number of hydrogen-bond donors (Lipinski definition) is 2. The van der Waals surface area contributed by atoms with Gasteiger partial charge in [-0.2, -0.15) is 5.26 Å². The summed E-state index contributed by atoms with van der Waals surface area (Å²) in [4.78, 5) is 29.1. The van der Waals surface area contributed by atoms with Crippen molar-refractivity contribution in [2.75, 3.05) is 13.1 Å². The number of hydrogen-bond acceptors (Lipinski definition) is 4. The Balaban J connectivity index is 1.59. The number of H-pyrrole nitrogens is 1. The molecule has 6 nitrogen and oxygen atoms in total. The van der Waals surface area contributed by atoms with Crippen molar-refractivity contribution in [1.29, 1.82) is 5.26 Å². The van der Waals surface area contributed by atoms with E-state index in [2.05, 4.69) is 4.98 Å². The smallest absolute Gasteiger partial charge is 0.266 e. The van der Waals surface area contributed by atoms with Crippen LogP contribution in [0.3, 0.4) is 0 Å². The summed E-state index contributed by atoms with van der Waals surface area (Å²) in [5.41, 5.74) is 3.23. The summed E-state index contributed by atoms with van der Waals surface area (Å²) >= 11 is 0. The molecule has 1 aliphatic rings. The van der Waals surface area contributed by atoms with Gasteiger partial charge in [0.1, 0.15) is 17.4 Å². The highest BCUT2D eigenvalue weighted by atomic mass is 16.3. The zero-order valence-corrected chi connectivity index (χ0v) is 16.3. The van der Waals surface area contributed by atoms with Gasteiger partial charge in [0.25, 0.3) is 5.56 Å². The second-order valence-corrected chi connectivity index (χ2v) is 7.42. The molecule has 6 heteroatoms. The maximum absolute atomic E-state index is 12.7. The van der Waals surface area contributed by atoms with Crippen molar-refractivity contribution in [3.63, 3.8) is 0 Å². The van der Waals surface area contributed by atoms with Crippen molar-refractivity contribution in [3.8, 4) is 11.8 Å². The average Bonchev–Trinajstić information content (AvgIpc) is 2.68. The quantitative estimate of drug-likeness (QED) is 0.853. The Morgan fingerprint density at radius 1 is 1.25 bits per heavy atom. The standard InChI is InChI=1S/C22H25N3O3/c1-14-19(15(2)24-22(28)20(14)13-23)7-8-21(27)25-11-9-17(10-12-25)16-3-5-18(26)6-4-16/h3-6,17,26H,7-12H2,1-2H3,(H,24,28). The Labute approximate surface area is 164 Å². The monoisotopic (exact) mass is 379 g/mol. The molecule has 0 saturated carbocycles. The third-order valence-electron chi connectivity index (χ3n) is 5.72. The lowest BCUT2D eigenvalue weighted by molar-refractivity contribution is -0.132. The summed E-state index contributed by atoms with van der Waals surface area (Å²) in [5.74, 6) is 0.781. The molecule has 2 aromatic rings. The molecule has 28 heavy (non-hydrogen) atoms. The first-order valence-electron chi connectivity index (χ1n) is 9.60. The number of likely N-dealkylation sites (tertiary alicyclic amines) is 1. The molecule has 146 valence electrons. The van der Waals surface area contributed by atoms with Gasteiger partial charge in [-0.3, -0.25) is 9.59 Å². The molecule has 0 spiro atoms.